The van der Waals surface area contributed by atoms with Crippen LogP contribution in [0.15, 0.2) is 6.07 Å². The van der Waals surface area contributed by atoms with Gasteiger partial charge < -0.3 is 20.1 Å². The zero-order chi connectivity index (χ0) is 16.4. The SMILES string of the molecule is OC1CN(c2nc(NCCc3nn[nH]n3)cc([C@H]3CCOC3)n2)C1. The van der Waals surface area contributed by atoms with Gasteiger partial charge in [-0.2, -0.15) is 10.2 Å². The minimum atomic E-state index is -0.290. The van der Waals surface area contributed by atoms with Crippen molar-refractivity contribution in [2.24, 2.45) is 0 Å². The Kier molecular flexibility index (Phi) is 4.22. The Morgan fingerprint density at radius 3 is 3.00 bits per heavy atom. The van der Waals surface area contributed by atoms with Gasteiger partial charge in [0.15, 0.2) is 5.82 Å². The van der Waals surface area contributed by atoms with Gasteiger partial charge in [-0.25, -0.2) is 4.98 Å². The van der Waals surface area contributed by atoms with Gasteiger partial charge in [-0.3, -0.25) is 0 Å². The molecule has 128 valence electrons. The van der Waals surface area contributed by atoms with Crippen LogP contribution < -0.4 is 10.2 Å². The number of nitrogens with one attached hydrogen (secondary N) is 2. The van der Waals surface area contributed by atoms with Gasteiger partial charge in [0.25, 0.3) is 0 Å². The van der Waals surface area contributed by atoms with Crippen LogP contribution in [0.5, 0.6) is 0 Å². The smallest absolute Gasteiger partial charge is 0.227 e. The van der Waals surface area contributed by atoms with E-state index in [4.69, 9.17) is 4.74 Å². The minimum absolute atomic E-state index is 0.290. The summed E-state index contributed by atoms with van der Waals surface area (Å²) in [6.07, 6.45) is 1.34. The van der Waals surface area contributed by atoms with E-state index < -0.39 is 0 Å². The molecule has 24 heavy (non-hydrogen) atoms. The molecule has 0 spiro atoms. The first-order valence-corrected chi connectivity index (χ1v) is 8.14. The number of β-amino-alcohol motifs (C(OH)–C–C–N with tert-alkyl or cyclic N) is 1. The molecule has 2 fully saturated rings. The van der Waals surface area contributed by atoms with Gasteiger partial charge in [-0.1, -0.05) is 5.21 Å². The fourth-order valence-corrected chi connectivity index (χ4v) is 2.87. The number of H-pyrrole nitrogens is 1. The molecule has 2 aromatic heterocycles. The van der Waals surface area contributed by atoms with E-state index in [0.29, 0.717) is 50.4 Å². The third-order valence-corrected chi connectivity index (χ3v) is 4.27. The molecule has 0 aliphatic carbocycles. The third-order valence-electron chi connectivity index (χ3n) is 4.27. The standard InChI is InChI=1S/C14H20N8O2/c23-10-6-22(7-10)14-16-11(9-2-4-24-8-9)5-13(17-14)15-3-1-12-18-20-21-19-12/h5,9-10,23H,1-4,6-8H2,(H,15,16,17)(H,18,19,20,21)/t9-/m0/s1. The highest BCUT2D eigenvalue weighted by atomic mass is 16.5. The molecule has 0 aromatic carbocycles. The van der Waals surface area contributed by atoms with Gasteiger partial charge in [-0.15, -0.1) is 10.2 Å². The summed E-state index contributed by atoms with van der Waals surface area (Å²) in [6, 6.07) is 1.98. The maximum atomic E-state index is 9.52. The van der Waals surface area contributed by atoms with Crippen molar-refractivity contribution in [3.05, 3.63) is 17.6 Å². The highest BCUT2D eigenvalue weighted by Gasteiger charge is 2.28. The quantitative estimate of drug-likeness (QED) is 0.631. The Balaban J connectivity index is 1.48. The summed E-state index contributed by atoms with van der Waals surface area (Å²) >= 11 is 0. The summed E-state index contributed by atoms with van der Waals surface area (Å²) in [4.78, 5) is 11.2. The average molecular weight is 332 g/mol. The minimum Gasteiger partial charge on any atom is -0.389 e. The van der Waals surface area contributed by atoms with Crippen molar-refractivity contribution < 1.29 is 9.84 Å². The molecule has 1 atom stereocenters. The lowest BCUT2D eigenvalue weighted by Gasteiger charge is -2.36. The predicted molar refractivity (Wildman–Crippen MR) is 84.8 cm³/mol. The third kappa shape index (κ3) is 3.29. The van der Waals surface area contributed by atoms with E-state index in [1.54, 1.807) is 0 Å². The van der Waals surface area contributed by atoms with Gasteiger partial charge in [0.1, 0.15) is 5.82 Å². The summed E-state index contributed by atoms with van der Waals surface area (Å²) < 4.78 is 5.48. The van der Waals surface area contributed by atoms with Crippen LogP contribution in [0.1, 0.15) is 23.9 Å². The van der Waals surface area contributed by atoms with E-state index in [1.165, 1.54) is 0 Å². The van der Waals surface area contributed by atoms with Crippen LogP contribution in [-0.2, 0) is 11.2 Å². The van der Waals surface area contributed by atoms with Gasteiger partial charge in [0.2, 0.25) is 5.95 Å². The Morgan fingerprint density at radius 2 is 2.29 bits per heavy atom. The summed E-state index contributed by atoms with van der Waals surface area (Å²) in [6.45, 7) is 3.27. The number of hydrogen-bond acceptors (Lipinski definition) is 9. The highest BCUT2D eigenvalue weighted by Crippen LogP contribution is 2.28. The molecule has 2 aliphatic heterocycles. The summed E-state index contributed by atoms with van der Waals surface area (Å²) in [7, 11) is 0. The number of ether oxygens (including phenoxy) is 1. The van der Waals surface area contributed by atoms with Crippen molar-refractivity contribution in [3.63, 3.8) is 0 Å². The number of anilines is 2. The fraction of sp³-hybridized carbons (Fsp3) is 0.643. The number of aliphatic hydroxyl groups is 1. The van der Waals surface area contributed by atoms with E-state index in [-0.39, 0.29) is 6.10 Å². The molecule has 10 nitrogen and oxygen atoms in total. The summed E-state index contributed by atoms with van der Waals surface area (Å²) in [5.74, 6) is 2.39. The maximum absolute atomic E-state index is 9.52. The van der Waals surface area contributed by atoms with Crippen LogP contribution in [0.3, 0.4) is 0 Å². The second-order valence-corrected chi connectivity index (χ2v) is 6.10. The first-order chi connectivity index (χ1) is 11.8. The van der Waals surface area contributed by atoms with Gasteiger partial charge in [0, 0.05) is 44.6 Å². The largest absolute Gasteiger partial charge is 0.389 e. The number of nitrogens with zero attached hydrogens (tertiary/aromatic N) is 6. The molecular weight excluding hydrogens is 312 g/mol. The van der Waals surface area contributed by atoms with Crippen molar-refractivity contribution in [1.29, 1.82) is 0 Å². The van der Waals surface area contributed by atoms with Crippen molar-refractivity contribution in [2.75, 3.05) is 43.1 Å². The monoisotopic (exact) mass is 332 g/mol. The molecule has 0 saturated carbocycles. The molecule has 10 heteroatoms. The van der Waals surface area contributed by atoms with E-state index in [9.17, 15) is 5.11 Å². The Morgan fingerprint density at radius 1 is 1.38 bits per heavy atom. The molecule has 4 heterocycles. The van der Waals surface area contributed by atoms with Crippen LogP contribution in [0, 0.1) is 0 Å². The number of tetrazole rings is 1. The normalized spacial score (nSPS) is 21.0. The second-order valence-electron chi connectivity index (χ2n) is 6.10. The first kappa shape index (κ1) is 15.2. The molecule has 2 aromatic rings. The molecule has 0 bridgehead atoms. The molecule has 3 N–H and O–H groups in total. The van der Waals surface area contributed by atoms with Gasteiger partial charge in [-0.05, 0) is 6.42 Å². The Labute approximate surface area is 138 Å². The summed E-state index contributed by atoms with van der Waals surface area (Å²) in [5, 5.41) is 26.7. The van der Waals surface area contributed by atoms with Crippen LogP contribution >= 0.6 is 0 Å². The van der Waals surface area contributed by atoms with Crippen molar-refractivity contribution in [1.82, 2.24) is 30.6 Å². The zero-order valence-corrected chi connectivity index (χ0v) is 13.2. The number of hydrogen-bond donors (Lipinski definition) is 3. The van der Waals surface area contributed by atoms with Crippen LogP contribution in [0.4, 0.5) is 11.8 Å². The summed E-state index contributed by atoms with van der Waals surface area (Å²) in [5.41, 5.74) is 0.987. The lowest BCUT2D eigenvalue weighted by Crippen LogP contribution is -2.51. The lowest BCUT2D eigenvalue weighted by atomic mass is 10.0. The molecule has 2 aliphatic rings. The van der Waals surface area contributed by atoms with Crippen molar-refractivity contribution in [2.45, 2.75) is 24.9 Å². The van der Waals surface area contributed by atoms with Gasteiger partial charge >= 0.3 is 0 Å². The van der Waals surface area contributed by atoms with Crippen molar-refractivity contribution in [3.8, 4) is 0 Å². The predicted octanol–water partition coefficient (Wildman–Crippen LogP) is -0.671. The van der Waals surface area contributed by atoms with Gasteiger partial charge in [0.05, 0.1) is 18.4 Å². The number of aliphatic hydroxyl groups excluding tert-OH is 1. The number of aromatic nitrogens is 6. The lowest BCUT2D eigenvalue weighted by molar-refractivity contribution is 0.140. The Bertz CT molecular complexity index is 667. The maximum Gasteiger partial charge on any atom is 0.227 e. The average Bonchev–Trinajstić information content (AvgIpc) is 3.25. The second kappa shape index (κ2) is 6.65. The molecule has 4 rings (SSSR count). The topological polar surface area (TPSA) is 125 Å². The molecule has 0 amide bonds. The van der Waals surface area contributed by atoms with E-state index in [1.807, 2.05) is 11.0 Å². The van der Waals surface area contributed by atoms with Crippen LogP contribution in [-0.4, -0.2) is 74.7 Å². The van der Waals surface area contributed by atoms with E-state index >= 15 is 0 Å². The van der Waals surface area contributed by atoms with Crippen LogP contribution in [0.25, 0.3) is 0 Å². The Hall–Kier alpha value is -2.33. The zero-order valence-electron chi connectivity index (χ0n) is 13.2. The van der Waals surface area contributed by atoms with E-state index in [2.05, 4.69) is 35.9 Å². The van der Waals surface area contributed by atoms with Crippen molar-refractivity contribution >= 4 is 11.8 Å². The van der Waals surface area contributed by atoms with E-state index in [0.717, 1.165) is 24.5 Å². The number of rotatable bonds is 6. The molecular formula is C14H20N8O2. The highest BCUT2D eigenvalue weighted by molar-refractivity contribution is 5.46. The molecule has 2 saturated heterocycles. The number of aromatic amines is 1. The first-order valence-electron chi connectivity index (χ1n) is 8.14. The van der Waals surface area contributed by atoms with Crippen LogP contribution in [0.2, 0.25) is 0 Å². The fourth-order valence-electron chi connectivity index (χ4n) is 2.87. The molecule has 0 radical (unpaired) electrons. The molecule has 0 unspecified atom stereocenters.